The Hall–Kier alpha value is -2.03. The van der Waals surface area contributed by atoms with Crippen LogP contribution >= 0.6 is 0 Å². The summed E-state index contributed by atoms with van der Waals surface area (Å²) < 4.78 is 13.7. The van der Waals surface area contributed by atoms with Crippen molar-refractivity contribution in [2.24, 2.45) is 0 Å². The van der Waals surface area contributed by atoms with Gasteiger partial charge in [0.2, 0.25) is 0 Å². The number of imidazole rings is 1. The maximum atomic E-state index is 13.7. The Kier molecular flexibility index (Phi) is 4.29. The zero-order valence-corrected chi connectivity index (χ0v) is 12.7. The Morgan fingerprint density at radius 3 is 3.00 bits per heavy atom. The predicted molar refractivity (Wildman–Crippen MR) is 81.4 cm³/mol. The van der Waals surface area contributed by atoms with E-state index in [4.69, 9.17) is 5.11 Å². The summed E-state index contributed by atoms with van der Waals surface area (Å²) in [5, 5.41) is 19.0. The maximum Gasteiger partial charge on any atom is 0.317 e. The second kappa shape index (κ2) is 6.23. The molecule has 0 amide bonds. The Morgan fingerprint density at radius 2 is 2.30 bits per heavy atom. The zero-order valence-electron chi connectivity index (χ0n) is 12.7. The van der Waals surface area contributed by atoms with Gasteiger partial charge in [-0.05, 0) is 19.2 Å². The van der Waals surface area contributed by atoms with Gasteiger partial charge in [-0.25, -0.2) is 9.37 Å². The molecule has 1 aromatic heterocycles. The third-order valence-corrected chi connectivity index (χ3v) is 4.17. The quantitative estimate of drug-likeness (QED) is 0.731. The molecule has 2 atom stereocenters. The lowest BCUT2D eigenvalue weighted by Crippen LogP contribution is -2.43. The highest BCUT2D eigenvalue weighted by Gasteiger charge is 2.34. The van der Waals surface area contributed by atoms with Gasteiger partial charge in [-0.15, -0.1) is 0 Å². The molecule has 0 aliphatic carbocycles. The molecular formula is C15H19FN4O3. The molecule has 124 valence electrons. The molecule has 1 aliphatic rings. The van der Waals surface area contributed by atoms with Gasteiger partial charge < -0.3 is 15.2 Å². The number of aliphatic hydroxyl groups excluding tert-OH is 1. The first-order valence-electron chi connectivity index (χ1n) is 7.39. The van der Waals surface area contributed by atoms with Gasteiger partial charge in [0.15, 0.2) is 5.82 Å². The first-order valence-corrected chi connectivity index (χ1v) is 7.39. The summed E-state index contributed by atoms with van der Waals surface area (Å²) in [5.74, 6) is -0.671. The number of para-hydroxylation sites is 1. The molecule has 7 nitrogen and oxygen atoms in total. The Labute approximate surface area is 132 Å². The fourth-order valence-electron chi connectivity index (χ4n) is 3.07. The van der Waals surface area contributed by atoms with Gasteiger partial charge in [0, 0.05) is 19.1 Å². The number of aromatic nitrogens is 2. The highest BCUT2D eigenvalue weighted by atomic mass is 19.1. The minimum absolute atomic E-state index is 0.120. The Bertz CT molecular complexity index is 720. The van der Waals surface area contributed by atoms with Crippen LogP contribution < -0.4 is 0 Å². The standard InChI is InChI=1S/C15H19FN4O3/c1-19(8-14(22)23)11-5-20(6-12(11)21)7-13-17-10-4-2-3-9(16)15(10)18-13/h2-4,11-12,21H,5-8H2,1H3,(H,17,18)(H,22,23)/t11-,12+/m0/s1. The largest absolute Gasteiger partial charge is 0.480 e. The summed E-state index contributed by atoms with van der Waals surface area (Å²) in [5.41, 5.74) is 0.945. The van der Waals surface area contributed by atoms with Crippen LogP contribution in [0.3, 0.4) is 0 Å². The lowest BCUT2D eigenvalue weighted by molar-refractivity contribution is -0.138. The fourth-order valence-corrected chi connectivity index (χ4v) is 3.07. The van der Waals surface area contributed by atoms with E-state index >= 15 is 0 Å². The molecule has 8 heteroatoms. The Morgan fingerprint density at radius 1 is 1.52 bits per heavy atom. The predicted octanol–water partition coefficient (Wildman–Crippen LogP) is 0.263. The molecule has 0 unspecified atom stereocenters. The van der Waals surface area contributed by atoms with Crippen LogP contribution in [0.2, 0.25) is 0 Å². The van der Waals surface area contributed by atoms with Crippen LogP contribution in [0.5, 0.6) is 0 Å². The van der Waals surface area contributed by atoms with Crippen molar-refractivity contribution in [3.05, 3.63) is 29.8 Å². The summed E-state index contributed by atoms with van der Waals surface area (Å²) in [6.07, 6.45) is -0.625. The van der Waals surface area contributed by atoms with Gasteiger partial charge >= 0.3 is 5.97 Å². The number of carboxylic acids is 1. The van der Waals surface area contributed by atoms with E-state index in [9.17, 15) is 14.3 Å². The average molecular weight is 322 g/mol. The van der Waals surface area contributed by atoms with Crippen LogP contribution in [0.15, 0.2) is 18.2 Å². The normalized spacial score (nSPS) is 22.3. The number of halogens is 1. The zero-order chi connectivity index (χ0) is 16.6. The minimum atomic E-state index is -0.925. The topological polar surface area (TPSA) is 92.7 Å². The van der Waals surface area contributed by atoms with Crippen molar-refractivity contribution in [1.29, 1.82) is 0 Å². The van der Waals surface area contributed by atoms with Crippen LogP contribution in [0.25, 0.3) is 11.0 Å². The number of nitrogens with one attached hydrogen (secondary N) is 1. The van der Waals surface area contributed by atoms with E-state index in [0.717, 1.165) is 0 Å². The van der Waals surface area contributed by atoms with Crippen molar-refractivity contribution in [1.82, 2.24) is 19.8 Å². The van der Waals surface area contributed by atoms with Gasteiger partial charge in [0.1, 0.15) is 11.3 Å². The third-order valence-electron chi connectivity index (χ3n) is 4.17. The van der Waals surface area contributed by atoms with Crippen molar-refractivity contribution in [2.45, 2.75) is 18.7 Å². The molecule has 2 heterocycles. The molecule has 1 aliphatic heterocycles. The summed E-state index contributed by atoms with van der Waals surface area (Å²) in [6, 6.07) is 4.50. The van der Waals surface area contributed by atoms with E-state index in [-0.39, 0.29) is 18.4 Å². The molecule has 1 fully saturated rings. The number of aliphatic carboxylic acids is 1. The summed E-state index contributed by atoms with van der Waals surface area (Å²) in [7, 11) is 1.68. The molecular weight excluding hydrogens is 303 g/mol. The highest BCUT2D eigenvalue weighted by molar-refractivity contribution is 5.75. The number of hydrogen-bond donors (Lipinski definition) is 3. The second-order valence-electron chi connectivity index (χ2n) is 5.96. The van der Waals surface area contributed by atoms with Crippen LogP contribution in [-0.4, -0.2) is 74.8 Å². The van der Waals surface area contributed by atoms with E-state index in [0.29, 0.717) is 36.5 Å². The van der Waals surface area contributed by atoms with Gasteiger partial charge in [0.05, 0.1) is 24.7 Å². The monoisotopic (exact) mass is 322 g/mol. The lowest BCUT2D eigenvalue weighted by Gasteiger charge is -2.24. The number of nitrogens with zero attached hydrogens (tertiary/aromatic N) is 3. The molecule has 3 N–H and O–H groups in total. The SMILES string of the molecule is CN(CC(=O)O)[C@H]1CN(Cc2nc3c(F)cccc3[nH]2)C[C@H]1O. The van der Waals surface area contributed by atoms with Crippen LogP contribution in [0, 0.1) is 5.82 Å². The minimum Gasteiger partial charge on any atom is -0.480 e. The Balaban J connectivity index is 1.68. The molecule has 0 saturated carbocycles. The van der Waals surface area contributed by atoms with Crippen LogP contribution in [0.4, 0.5) is 4.39 Å². The smallest absolute Gasteiger partial charge is 0.317 e. The highest BCUT2D eigenvalue weighted by Crippen LogP contribution is 2.19. The molecule has 1 aromatic carbocycles. The molecule has 0 bridgehead atoms. The van der Waals surface area contributed by atoms with E-state index in [1.54, 1.807) is 24.1 Å². The first-order chi connectivity index (χ1) is 10.9. The van der Waals surface area contributed by atoms with Gasteiger partial charge in [-0.3, -0.25) is 14.6 Å². The third kappa shape index (κ3) is 3.34. The first kappa shape index (κ1) is 15.9. The van der Waals surface area contributed by atoms with E-state index in [2.05, 4.69) is 9.97 Å². The van der Waals surface area contributed by atoms with Crippen molar-refractivity contribution in [3.63, 3.8) is 0 Å². The van der Waals surface area contributed by atoms with Crippen molar-refractivity contribution in [2.75, 3.05) is 26.7 Å². The maximum absolute atomic E-state index is 13.7. The molecule has 23 heavy (non-hydrogen) atoms. The molecule has 0 spiro atoms. The molecule has 3 rings (SSSR count). The number of benzene rings is 1. The van der Waals surface area contributed by atoms with Crippen molar-refractivity contribution < 1.29 is 19.4 Å². The number of rotatable bonds is 5. The summed E-state index contributed by atoms with van der Waals surface area (Å²) >= 11 is 0. The number of aliphatic hydroxyl groups is 1. The summed E-state index contributed by atoms with van der Waals surface area (Å²) in [4.78, 5) is 21.7. The lowest BCUT2D eigenvalue weighted by atomic mass is 10.2. The van der Waals surface area contributed by atoms with Crippen molar-refractivity contribution in [3.8, 4) is 0 Å². The van der Waals surface area contributed by atoms with Gasteiger partial charge in [-0.2, -0.15) is 0 Å². The van der Waals surface area contributed by atoms with Gasteiger partial charge in [-0.1, -0.05) is 6.07 Å². The van der Waals surface area contributed by atoms with E-state index in [1.165, 1.54) is 6.07 Å². The number of likely N-dealkylation sites (N-methyl/N-ethyl adjacent to an activating group) is 1. The number of aromatic amines is 1. The summed E-state index contributed by atoms with van der Waals surface area (Å²) in [6.45, 7) is 1.28. The van der Waals surface area contributed by atoms with Gasteiger partial charge in [0.25, 0.3) is 0 Å². The number of likely N-dealkylation sites (tertiary alicyclic amines) is 1. The van der Waals surface area contributed by atoms with E-state index in [1.807, 2.05) is 4.90 Å². The molecule has 1 saturated heterocycles. The molecule has 2 aromatic rings. The number of carboxylic acid groups (broad SMARTS) is 1. The van der Waals surface area contributed by atoms with E-state index < -0.39 is 12.1 Å². The number of fused-ring (bicyclic) bond motifs is 1. The van der Waals surface area contributed by atoms with Crippen LogP contribution in [0.1, 0.15) is 5.82 Å². The average Bonchev–Trinajstić information content (AvgIpc) is 3.02. The molecule has 0 radical (unpaired) electrons. The number of H-pyrrole nitrogens is 1. The number of β-amino-alcohol motifs (C(OH)–C–C–N with tert-alkyl or cyclic N) is 1. The second-order valence-corrected chi connectivity index (χ2v) is 5.96. The van der Waals surface area contributed by atoms with Crippen molar-refractivity contribution >= 4 is 17.0 Å². The number of hydrogen-bond acceptors (Lipinski definition) is 5. The van der Waals surface area contributed by atoms with Crippen LogP contribution in [-0.2, 0) is 11.3 Å². The fraction of sp³-hybridized carbons (Fsp3) is 0.467. The number of carbonyl (C=O) groups is 1.